The fraction of sp³-hybridized carbons (Fsp3) is 0.652. The molecule has 0 saturated carbocycles. The van der Waals surface area contributed by atoms with Gasteiger partial charge in [-0.25, -0.2) is 18.0 Å². The number of hydrogen-bond acceptors (Lipinski definition) is 6. The summed E-state index contributed by atoms with van der Waals surface area (Å²) in [5, 5.41) is 0.174. The number of unbranched alkanes of at least 4 members (excludes halogenated alkanes) is 8. The van der Waals surface area contributed by atoms with Gasteiger partial charge in [0.25, 0.3) is 0 Å². The van der Waals surface area contributed by atoms with Crippen LogP contribution in [-0.2, 0) is 19.1 Å². The quantitative estimate of drug-likeness (QED) is 0.0588. The molecule has 0 aliphatic rings. The number of carbonyl (C=O) groups excluding carboxylic acids is 2. The summed E-state index contributed by atoms with van der Waals surface area (Å²) in [6, 6.07) is 0. The number of benzene rings is 1. The second-order valence-corrected chi connectivity index (χ2v) is 8.83. The molecule has 0 unspecified atom stereocenters. The van der Waals surface area contributed by atoms with Crippen LogP contribution in [0.25, 0.3) is 0 Å². The zero-order chi connectivity index (χ0) is 25.3. The predicted molar refractivity (Wildman–Crippen MR) is 118 cm³/mol. The van der Waals surface area contributed by atoms with Crippen LogP contribution in [0.15, 0.2) is 0 Å². The van der Waals surface area contributed by atoms with Crippen LogP contribution >= 0.6 is 11.8 Å². The van der Waals surface area contributed by atoms with Gasteiger partial charge >= 0.3 is 5.97 Å². The summed E-state index contributed by atoms with van der Waals surface area (Å²) in [5.41, 5.74) is 0. The fourth-order valence-electron chi connectivity index (χ4n) is 2.95. The van der Waals surface area contributed by atoms with Gasteiger partial charge < -0.3 is 14.2 Å². The summed E-state index contributed by atoms with van der Waals surface area (Å²) >= 11 is 1.38. The van der Waals surface area contributed by atoms with Crippen LogP contribution in [-0.4, -0.2) is 43.3 Å². The van der Waals surface area contributed by atoms with Gasteiger partial charge in [0.1, 0.15) is 6.61 Å². The summed E-state index contributed by atoms with van der Waals surface area (Å²) in [6.07, 6.45) is 10.0. The van der Waals surface area contributed by atoms with Crippen molar-refractivity contribution in [3.05, 3.63) is 29.1 Å². The zero-order valence-corrected chi connectivity index (χ0v) is 20.1. The molecule has 0 atom stereocenters. The molecular formula is C23H31F5O5S. The van der Waals surface area contributed by atoms with Gasteiger partial charge in [0.05, 0.1) is 13.2 Å². The Morgan fingerprint density at radius 3 is 1.68 bits per heavy atom. The lowest BCUT2D eigenvalue weighted by molar-refractivity contribution is -0.140. The van der Waals surface area contributed by atoms with Gasteiger partial charge in [-0.15, -0.1) is 0 Å². The Hall–Kier alpha value is -1.72. The molecule has 0 amide bonds. The van der Waals surface area contributed by atoms with Gasteiger partial charge in [0, 0.05) is 19.3 Å². The molecule has 0 radical (unpaired) electrons. The van der Waals surface area contributed by atoms with Crippen molar-refractivity contribution in [2.75, 3.05) is 32.2 Å². The largest absolute Gasteiger partial charge is 0.418 e. The van der Waals surface area contributed by atoms with Crippen LogP contribution < -0.4 is 4.74 Å². The first-order valence-corrected chi connectivity index (χ1v) is 12.2. The van der Waals surface area contributed by atoms with Crippen molar-refractivity contribution in [1.29, 1.82) is 0 Å². The molecule has 0 bridgehead atoms. The van der Waals surface area contributed by atoms with Crippen molar-refractivity contribution in [2.45, 2.75) is 64.7 Å². The van der Waals surface area contributed by atoms with Gasteiger partial charge in [-0.1, -0.05) is 56.7 Å². The average Bonchev–Trinajstić information content (AvgIpc) is 2.81. The number of thioether (sulfide) groups is 1. The third-order valence-corrected chi connectivity index (χ3v) is 5.62. The lowest BCUT2D eigenvalue weighted by atomic mass is 10.1. The number of carbonyl (C=O) groups is 2. The number of ether oxygens (including phenoxy) is 3. The van der Waals surface area contributed by atoms with Crippen LogP contribution in [0.4, 0.5) is 22.0 Å². The average molecular weight is 515 g/mol. The normalized spacial score (nSPS) is 11.1. The van der Waals surface area contributed by atoms with E-state index < -0.39 is 47.4 Å². The summed E-state index contributed by atoms with van der Waals surface area (Å²) in [6.45, 7) is 1.55. The highest BCUT2D eigenvalue weighted by Gasteiger charge is 2.28. The van der Waals surface area contributed by atoms with E-state index in [0.29, 0.717) is 6.61 Å². The maximum atomic E-state index is 13.5. The second-order valence-electron chi connectivity index (χ2n) is 7.56. The van der Waals surface area contributed by atoms with Crippen LogP contribution in [0.5, 0.6) is 5.75 Å². The summed E-state index contributed by atoms with van der Waals surface area (Å²) in [5.74, 6) is -13.3. The van der Waals surface area contributed by atoms with Crippen molar-refractivity contribution in [1.82, 2.24) is 0 Å². The van der Waals surface area contributed by atoms with E-state index in [0.717, 1.165) is 44.3 Å². The van der Waals surface area contributed by atoms with Gasteiger partial charge in [-0.3, -0.25) is 4.79 Å². The molecule has 194 valence electrons. The van der Waals surface area contributed by atoms with Crippen molar-refractivity contribution in [3.63, 3.8) is 0 Å². The van der Waals surface area contributed by atoms with E-state index in [2.05, 4.69) is 4.74 Å². The van der Waals surface area contributed by atoms with E-state index in [-0.39, 0.29) is 18.3 Å². The van der Waals surface area contributed by atoms with E-state index in [1.165, 1.54) is 31.0 Å². The molecule has 1 rings (SSSR count). The molecule has 0 aliphatic heterocycles. The molecule has 0 fully saturated rings. The van der Waals surface area contributed by atoms with E-state index in [1.807, 2.05) is 0 Å². The Morgan fingerprint density at radius 1 is 0.647 bits per heavy atom. The lowest BCUT2D eigenvalue weighted by Crippen LogP contribution is -2.20. The number of halogens is 5. The second kappa shape index (κ2) is 17.7. The Balaban J connectivity index is 1.97. The molecule has 0 aliphatic carbocycles. The molecule has 1 aromatic rings. The van der Waals surface area contributed by atoms with Gasteiger partial charge in [-0.05, 0) is 12.8 Å². The molecule has 0 heterocycles. The minimum absolute atomic E-state index is 0.00285. The van der Waals surface area contributed by atoms with Crippen LogP contribution in [0, 0.1) is 29.1 Å². The molecule has 5 nitrogen and oxygen atoms in total. The third kappa shape index (κ3) is 12.1. The van der Waals surface area contributed by atoms with E-state index in [9.17, 15) is 31.5 Å². The highest BCUT2D eigenvalue weighted by molar-refractivity contribution is 8.13. The molecule has 0 aromatic heterocycles. The number of hydrogen-bond donors (Lipinski definition) is 0. The molecule has 0 saturated heterocycles. The van der Waals surface area contributed by atoms with Crippen LogP contribution in [0.3, 0.4) is 0 Å². The predicted octanol–water partition coefficient (Wildman–Crippen LogP) is 6.11. The third-order valence-electron chi connectivity index (χ3n) is 4.72. The number of esters is 1. The van der Waals surface area contributed by atoms with Crippen molar-refractivity contribution < 1.29 is 45.8 Å². The highest BCUT2D eigenvalue weighted by atomic mass is 32.2. The van der Waals surface area contributed by atoms with Gasteiger partial charge in [-0.2, -0.15) is 8.78 Å². The number of rotatable bonds is 18. The van der Waals surface area contributed by atoms with Crippen LogP contribution in [0.1, 0.15) is 64.7 Å². The van der Waals surface area contributed by atoms with E-state index >= 15 is 0 Å². The Kier molecular flexibility index (Phi) is 15.8. The monoisotopic (exact) mass is 514 g/mol. The smallest absolute Gasteiger partial charge is 0.337 e. The Labute approximate surface area is 200 Å². The topological polar surface area (TPSA) is 61.8 Å². The van der Waals surface area contributed by atoms with E-state index in [1.54, 1.807) is 6.92 Å². The molecule has 0 spiro atoms. The molecule has 1 aromatic carbocycles. The maximum absolute atomic E-state index is 13.5. The molecular weight excluding hydrogens is 483 g/mol. The summed E-state index contributed by atoms with van der Waals surface area (Å²) in [7, 11) is 0. The van der Waals surface area contributed by atoms with Crippen molar-refractivity contribution >= 4 is 22.8 Å². The van der Waals surface area contributed by atoms with E-state index in [4.69, 9.17) is 9.47 Å². The zero-order valence-electron chi connectivity index (χ0n) is 19.2. The standard InChI is InChI=1S/C23H31F5O5S/c1-16(29)34-14-10-8-6-4-2-3-5-7-9-11-31-12-13-32-15-17(30)33-23-21(27)19(25)18(24)20(26)22(23)28/h2-15H2,1H3. The first-order valence-electron chi connectivity index (χ1n) is 11.3. The maximum Gasteiger partial charge on any atom is 0.337 e. The van der Waals surface area contributed by atoms with Gasteiger partial charge in [0.15, 0.2) is 5.12 Å². The Bertz CT molecular complexity index is 750. The summed E-state index contributed by atoms with van der Waals surface area (Å²) in [4.78, 5) is 22.3. The molecule has 11 heteroatoms. The lowest BCUT2D eigenvalue weighted by Gasteiger charge is -2.09. The fourth-order valence-corrected chi connectivity index (χ4v) is 3.59. The minimum atomic E-state index is -2.34. The molecule has 34 heavy (non-hydrogen) atoms. The van der Waals surface area contributed by atoms with Crippen LogP contribution in [0.2, 0.25) is 0 Å². The van der Waals surface area contributed by atoms with Crippen molar-refractivity contribution in [2.24, 2.45) is 0 Å². The van der Waals surface area contributed by atoms with Gasteiger partial charge in [0.2, 0.25) is 34.8 Å². The van der Waals surface area contributed by atoms with Crippen molar-refractivity contribution in [3.8, 4) is 5.75 Å². The highest BCUT2D eigenvalue weighted by Crippen LogP contribution is 2.29. The first-order chi connectivity index (χ1) is 16.3. The SMILES string of the molecule is CC(=O)SCCCCCCCCCCCOCCOCC(=O)Oc1c(F)c(F)c(F)c(F)c1F. The molecule has 0 N–H and O–H groups in total. The summed E-state index contributed by atoms with van der Waals surface area (Å²) < 4.78 is 80.5. The Morgan fingerprint density at radius 2 is 1.12 bits per heavy atom. The first kappa shape index (κ1) is 30.3. The minimum Gasteiger partial charge on any atom is -0.418 e.